The van der Waals surface area contributed by atoms with Gasteiger partial charge in [-0.15, -0.1) is 0 Å². The molecule has 14 heavy (non-hydrogen) atoms. The van der Waals surface area contributed by atoms with E-state index >= 15 is 0 Å². The number of hydrogen-bond acceptors (Lipinski definition) is 1. The van der Waals surface area contributed by atoms with Crippen LogP contribution in [0, 0.1) is 0 Å². The Bertz CT molecular complexity index is 293. The SMILES string of the molecule is O[C@H]1CCCCCc2ccccc2C1. The number of aliphatic hydroxyl groups is 1. The Hall–Kier alpha value is -0.820. The predicted molar refractivity (Wildman–Crippen MR) is 58.3 cm³/mol. The van der Waals surface area contributed by atoms with Crippen LogP contribution in [0.25, 0.3) is 0 Å². The van der Waals surface area contributed by atoms with Crippen LogP contribution in [-0.4, -0.2) is 11.2 Å². The van der Waals surface area contributed by atoms with E-state index in [0.29, 0.717) is 0 Å². The molecule has 1 aromatic carbocycles. The highest BCUT2D eigenvalue weighted by atomic mass is 16.3. The van der Waals surface area contributed by atoms with Crippen LogP contribution in [0.4, 0.5) is 0 Å². The third kappa shape index (κ3) is 2.36. The van der Waals surface area contributed by atoms with Gasteiger partial charge in [-0.2, -0.15) is 0 Å². The van der Waals surface area contributed by atoms with Crippen LogP contribution in [-0.2, 0) is 12.8 Å². The second-order valence-electron chi connectivity index (χ2n) is 4.23. The lowest BCUT2D eigenvalue weighted by atomic mass is 9.99. The molecule has 1 heteroatoms. The number of benzene rings is 1. The Morgan fingerprint density at radius 3 is 2.64 bits per heavy atom. The average molecular weight is 190 g/mol. The highest BCUT2D eigenvalue weighted by Crippen LogP contribution is 2.19. The summed E-state index contributed by atoms with van der Waals surface area (Å²) in [5.41, 5.74) is 2.79. The van der Waals surface area contributed by atoms with E-state index in [1.165, 1.54) is 36.8 Å². The Labute approximate surface area is 85.8 Å². The Morgan fingerprint density at radius 1 is 1.00 bits per heavy atom. The maximum atomic E-state index is 9.79. The Balaban J connectivity index is 2.21. The second kappa shape index (κ2) is 4.61. The van der Waals surface area contributed by atoms with Crippen molar-refractivity contribution in [1.82, 2.24) is 0 Å². The summed E-state index contributed by atoms with van der Waals surface area (Å²) in [6, 6.07) is 8.53. The fourth-order valence-corrected chi connectivity index (χ4v) is 2.23. The standard InChI is InChI=1S/C13H18O/c14-13-9-3-1-2-6-11-7-4-5-8-12(11)10-13/h4-5,7-8,13-14H,1-3,6,9-10H2/t13-/m0/s1. The van der Waals surface area contributed by atoms with Crippen LogP contribution in [0.1, 0.15) is 36.8 Å². The molecule has 0 unspecified atom stereocenters. The minimum Gasteiger partial charge on any atom is -0.393 e. The van der Waals surface area contributed by atoms with Crippen LogP contribution >= 0.6 is 0 Å². The predicted octanol–water partition coefficient (Wildman–Crippen LogP) is 2.71. The number of hydrogen-bond donors (Lipinski definition) is 1. The topological polar surface area (TPSA) is 20.2 Å². The second-order valence-corrected chi connectivity index (χ2v) is 4.23. The first-order valence-corrected chi connectivity index (χ1v) is 5.61. The molecular formula is C13H18O. The molecule has 1 N–H and O–H groups in total. The number of rotatable bonds is 0. The summed E-state index contributed by atoms with van der Waals surface area (Å²) in [6.45, 7) is 0. The molecule has 0 aliphatic heterocycles. The van der Waals surface area contributed by atoms with Crippen LogP contribution in [0.5, 0.6) is 0 Å². The van der Waals surface area contributed by atoms with Gasteiger partial charge in [-0.1, -0.05) is 37.1 Å². The van der Waals surface area contributed by atoms with Crippen LogP contribution in [0.3, 0.4) is 0 Å². The summed E-state index contributed by atoms with van der Waals surface area (Å²) >= 11 is 0. The summed E-state index contributed by atoms with van der Waals surface area (Å²) in [4.78, 5) is 0. The van der Waals surface area contributed by atoms with Crippen molar-refractivity contribution in [3.63, 3.8) is 0 Å². The molecule has 0 saturated carbocycles. The number of aryl methyl sites for hydroxylation is 1. The first-order valence-electron chi connectivity index (χ1n) is 5.61. The minimum atomic E-state index is -0.130. The molecule has 0 fully saturated rings. The quantitative estimate of drug-likeness (QED) is 0.667. The van der Waals surface area contributed by atoms with Crippen molar-refractivity contribution in [3.8, 4) is 0 Å². The van der Waals surface area contributed by atoms with Gasteiger partial charge in [-0.25, -0.2) is 0 Å². The summed E-state index contributed by atoms with van der Waals surface area (Å²) in [7, 11) is 0. The van der Waals surface area contributed by atoms with E-state index in [1.54, 1.807) is 0 Å². The van der Waals surface area contributed by atoms with Crippen molar-refractivity contribution in [2.45, 2.75) is 44.6 Å². The van der Waals surface area contributed by atoms with E-state index in [-0.39, 0.29) is 6.10 Å². The lowest BCUT2D eigenvalue weighted by molar-refractivity contribution is 0.162. The van der Waals surface area contributed by atoms with Crippen LogP contribution in [0.15, 0.2) is 24.3 Å². The zero-order valence-corrected chi connectivity index (χ0v) is 8.58. The summed E-state index contributed by atoms with van der Waals surface area (Å²) in [5, 5.41) is 9.79. The van der Waals surface area contributed by atoms with Gasteiger partial charge in [0.25, 0.3) is 0 Å². The maximum absolute atomic E-state index is 9.79. The zero-order valence-electron chi connectivity index (χ0n) is 8.58. The first kappa shape index (κ1) is 9.72. The molecule has 1 aliphatic rings. The molecule has 0 amide bonds. The Kier molecular flexibility index (Phi) is 3.20. The summed E-state index contributed by atoms with van der Waals surface area (Å²) in [6.07, 6.45) is 6.56. The zero-order chi connectivity index (χ0) is 9.80. The third-order valence-electron chi connectivity index (χ3n) is 3.06. The van der Waals surface area contributed by atoms with Crippen molar-refractivity contribution >= 4 is 0 Å². The van der Waals surface area contributed by atoms with E-state index in [9.17, 15) is 5.11 Å². The van der Waals surface area contributed by atoms with Gasteiger partial charge in [0.2, 0.25) is 0 Å². The molecule has 1 nitrogen and oxygen atoms in total. The van der Waals surface area contributed by atoms with Crippen molar-refractivity contribution in [1.29, 1.82) is 0 Å². The van der Waals surface area contributed by atoms with Crippen molar-refractivity contribution in [2.24, 2.45) is 0 Å². The molecule has 0 radical (unpaired) electrons. The van der Waals surface area contributed by atoms with Gasteiger partial charge in [0, 0.05) is 0 Å². The molecule has 1 aliphatic carbocycles. The molecule has 0 saturated heterocycles. The fourth-order valence-electron chi connectivity index (χ4n) is 2.23. The molecule has 2 rings (SSSR count). The Morgan fingerprint density at radius 2 is 1.79 bits per heavy atom. The van der Waals surface area contributed by atoms with Gasteiger partial charge in [-0.3, -0.25) is 0 Å². The molecule has 76 valence electrons. The van der Waals surface area contributed by atoms with Gasteiger partial charge in [-0.05, 0) is 36.8 Å². The van der Waals surface area contributed by atoms with Gasteiger partial charge >= 0.3 is 0 Å². The summed E-state index contributed by atoms with van der Waals surface area (Å²) < 4.78 is 0. The van der Waals surface area contributed by atoms with Crippen molar-refractivity contribution in [3.05, 3.63) is 35.4 Å². The van der Waals surface area contributed by atoms with Crippen molar-refractivity contribution < 1.29 is 5.11 Å². The number of aliphatic hydroxyl groups excluding tert-OH is 1. The molecule has 0 spiro atoms. The molecular weight excluding hydrogens is 172 g/mol. The maximum Gasteiger partial charge on any atom is 0.0580 e. The summed E-state index contributed by atoms with van der Waals surface area (Å²) in [5.74, 6) is 0. The lowest BCUT2D eigenvalue weighted by Crippen LogP contribution is -2.10. The van der Waals surface area contributed by atoms with E-state index in [4.69, 9.17) is 0 Å². The smallest absolute Gasteiger partial charge is 0.0580 e. The van der Waals surface area contributed by atoms with Crippen LogP contribution in [0.2, 0.25) is 0 Å². The molecule has 1 atom stereocenters. The monoisotopic (exact) mass is 190 g/mol. The van der Waals surface area contributed by atoms with Gasteiger partial charge in [0.15, 0.2) is 0 Å². The highest BCUT2D eigenvalue weighted by molar-refractivity contribution is 5.28. The lowest BCUT2D eigenvalue weighted by Gasteiger charge is -2.11. The van der Waals surface area contributed by atoms with Gasteiger partial charge in [0.1, 0.15) is 0 Å². The minimum absolute atomic E-state index is 0.130. The molecule has 1 aromatic rings. The van der Waals surface area contributed by atoms with E-state index in [2.05, 4.69) is 24.3 Å². The largest absolute Gasteiger partial charge is 0.393 e. The van der Waals surface area contributed by atoms with Gasteiger partial charge in [0.05, 0.1) is 6.10 Å². The average Bonchev–Trinajstić information content (AvgIpc) is 2.27. The third-order valence-corrected chi connectivity index (χ3v) is 3.06. The van der Waals surface area contributed by atoms with Gasteiger partial charge < -0.3 is 5.11 Å². The first-order chi connectivity index (χ1) is 6.86. The van der Waals surface area contributed by atoms with Crippen LogP contribution < -0.4 is 0 Å². The normalized spacial score (nSPS) is 23.1. The molecule has 0 heterocycles. The highest BCUT2D eigenvalue weighted by Gasteiger charge is 2.11. The number of fused-ring (bicyclic) bond motifs is 1. The fraction of sp³-hybridized carbons (Fsp3) is 0.538. The van der Waals surface area contributed by atoms with E-state index < -0.39 is 0 Å². The molecule has 0 aromatic heterocycles. The van der Waals surface area contributed by atoms with E-state index in [0.717, 1.165) is 12.8 Å². The molecule has 0 bridgehead atoms. The van der Waals surface area contributed by atoms with Crippen molar-refractivity contribution in [2.75, 3.05) is 0 Å². The van der Waals surface area contributed by atoms with E-state index in [1.807, 2.05) is 0 Å².